The molecule has 0 saturated carbocycles. The highest BCUT2D eigenvalue weighted by atomic mass is 16.5. The van der Waals surface area contributed by atoms with Gasteiger partial charge in [-0.05, 0) is 46.7 Å². The van der Waals surface area contributed by atoms with Crippen molar-refractivity contribution in [3.8, 4) is 5.75 Å². The number of anilines is 1. The van der Waals surface area contributed by atoms with E-state index >= 15 is 0 Å². The number of hydrogen-bond donors (Lipinski definition) is 1. The Morgan fingerprint density at radius 3 is 2.58 bits per heavy atom. The van der Waals surface area contributed by atoms with Crippen molar-refractivity contribution in [1.29, 1.82) is 0 Å². The van der Waals surface area contributed by atoms with E-state index in [1.165, 1.54) is 11.6 Å². The van der Waals surface area contributed by atoms with Crippen LogP contribution in [0.15, 0.2) is 89.5 Å². The molecule has 4 aromatic rings. The van der Waals surface area contributed by atoms with Gasteiger partial charge < -0.3 is 19.4 Å². The number of likely N-dealkylation sites (N-methyl/N-ethyl adjacent to an activating group) is 1. The molecular formula is C25H22N2O4. The first kappa shape index (κ1) is 20.2. The van der Waals surface area contributed by atoms with Crippen molar-refractivity contribution in [1.82, 2.24) is 4.90 Å². The molecule has 0 saturated heterocycles. The molecule has 0 aliphatic rings. The van der Waals surface area contributed by atoms with Crippen molar-refractivity contribution in [3.63, 3.8) is 0 Å². The molecule has 0 radical (unpaired) electrons. The molecule has 6 nitrogen and oxygen atoms in total. The average Bonchev–Trinajstić information content (AvgIpc) is 3.33. The zero-order valence-electron chi connectivity index (χ0n) is 17.1. The molecule has 0 bridgehead atoms. The zero-order chi connectivity index (χ0) is 21.6. The summed E-state index contributed by atoms with van der Waals surface area (Å²) in [7, 11) is 1.75. The van der Waals surface area contributed by atoms with E-state index in [-0.39, 0.29) is 24.2 Å². The van der Waals surface area contributed by atoms with Gasteiger partial charge in [0.1, 0.15) is 5.75 Å². The summed E-state index contributed by atoms with van der Waals surface area (Å²) in [6.45, 7) is 0.395. The lowest BCUT2D eigenvalue weighted by Crippen LogP contribution is -2.30. The zero-order valence-corrected chi connectivity index (χ0v) is 17.1. The summed E-state index contributed by atoms with van der Waals surface area (Å²) in [5, 5.41) is 5.05. The van der Waals surface area contributed by atoms with E-state index in [2.05, 4.69) is 29.6 Å². The average molecular weight is 414 g/mol. The first-order chi connectivity index (χ1) is 15.1. The van der Waals surface area contributed by atoms with Crippen LogP contribution in [0, 0.1) is 0 Å². The lowest BCUT2D eigenvalue weighted by atomic mass is 10.1. The van der Waals surface area contributed by atoms with Gasteiger partial charge in [0.25, 0.3) is 11.8 Å². The van der Waals surface area contributed by atoms with Crippen LogP contribution in [-0.2, 0) is 11.3 Å². The monoisotopic (exact) mass is 414 g/mol. The molecule has 156 valence electrons. The number of rotatable bonds is 7. The molecule has 0 fully saturated rings. The molecule has 0 atom stereocenters. The SMILES string of the molecule is CN(Cc1ccc2ccccc2c1)C(=O)COc1cccc(NC(=O)c2ccco2)c1. The van der Waals surface area contributed by atoms with E-state index in [0.29, 0.717) is 18.0 Å². The second-order valence-corrected chi connectivity index (χ2v) is 7.18. The molecule has 0 unspecified atom stereocenters. The summed E-state index contributed by atoms with van der Waals surface area (Å²) in [6.07, 6.45) is 1.44. The van der Waals surface area contributed by atoms with Crippen molar-refractivity contribution in [2.45, 2.75) is 6.54 Å². The summed E-state index contributed by atoms with van der Waals surface area (Å²) in [6, 6.07) is 24.4. The molecular weight excluding hydrogens is 392 g/mol. The Hall–Kier alpha value is -4.06. The number of carbonyl (C=O) groups is 2. The Balaban J connectivity index is 1.32. The summed E-state index contributed by atoms with van der Waals surface area (Å²) in [4.78, 5) is 26.2. The Morgan fingerprint density at radius 1 is 0.935 bits per heavy atom. The van der Waals surface area contributed by atoms with E-state index in [0.717, 1.165) is 10.9 Å². The van der Waals surface area contributed by atoms with Crippen molar-refractivity contribution >= 4 is 28.3 Å². The van der Waals surface area contributed by atoms with Crippen LogP contribution in [0.3, 0.4) is 0 Å². The van der Waals surface area contributed by atoms with E-state index in [1.54, 1.807) is 48.3 Å². The molecule has 31 heavy (non-hydrogen) atoms. The Bertz CT molecular complexity index is 1200. The van der Waals surface area contributed by atoms with Crippen LogP contribution < -0.4 is 10.1 Å². The van der Waals surface area contributed by atoms with Crippen LogP contribution in [0.5, 0.6) is 5.75 Å². The molecule has 1 heterocycles. The predicted octanol–water partition coefficient (Wildman–Crippen LogP) is 4.72. The number of fused-ring (bicyclic) bond motifs is 1. The van der Waals surface area contributed by atoms with E-state index in [9.17, 15) is 9.59 Å². The number of nitrogens with one attached hydrogen (secondary N) is 1. The summed E-state index contributed by atoms with van der Waals surface area (Å²) < 4.78 is 10.7. The number of amides is 2. The number of benzene rings is 3. The largest absolute Gasteiger partial charge is 0.484 e. The molecule has 0 aliphatic heterocycles. The normalized spacial score (nSPS) is 10.6. The minimum atomic E-state index is -0.353. The maximum atomic E-state index is 12.5. The van der Waals surface area contributed by atoms with Gasteiger partial charge in [-0.2, -0.15) is 0 Å². The standard InChI is InChI=1S/C25H22N2O4/c1-27(16-18-11-12-19-6-2-3-7-20(19)14-18)24(28)17-31-22-9-4-8-21(15-22)26-25(29)23-10-5-13-30-23/h2-15H,16-17H2,1H3,(H,26,29). The lowest BCUT2D eigenvalue weighted by Gasteiger charge is -2.18. The van der Waals surface area contributed by atoms with E-state index < -0.39 is 0 Å². The highest BCUT2D eigenvalue weighted by Gasteiger charge is 2.12. The number of hydrogen-bond acceptors (Lipinski definition) is 4. The molecule has 0 spiro atoms. The molecule has 6 heteroatoms. The molecule has 1 N–H and O–H groups in total. The van der Waals surface area contributed by atoms with Gasteiger partial charge in [0, 0.05) is 25.3 Å². The molecule has 2 amide bonds. The Labute approximate surface area is 180 Å². The van der Waals surface area contributed by atoms with Gasteiger partial charge >= 0.3 is 0 Å². The van der Waals surface area contributed by atoms with E-state index in [1.807, 2.05) is 18.2 Å². The second kappa shape index (κ2) is 9.17. The van der Waals surface area contributed by atoms with Gasteiger partial charge in [0.05, 0.1) is 6.26 Å². The third-order valence-corrected chi connectivity index (χ3v) is 4.86. The summed E-state index contributed by atoms with van der Waals surface area (Å²) >= 11 is 0. The van der Waals surface area contributed by atoms with Gasteiger partial charge in [-0.15, -0.1) is 0 Å². The smallest absolute Gasteiger partial charge is 0.291 e. The van der Waals surface area contributed by atoms with E-state index in [4.69, 9.17) is 9.15 Å². The van der Waals surface area contributed by atoms with Crippen molar-refractivity contribution < 1.29 is 18.7 Å². The minimum Gasteiger partial charge on any atom is -0.484 e. The van der Waals surface area contributed by atoms with Crippen LogP contribution in [0.2, 0.25) is 0 Å². The third-order valence-electron chi connectivity index (χ3n) is 4.86. The Kier molecular flexibility index (Phi) is 5.98. The summed E-state index contributed by atoms with van der Waals surface area (Å²) in [5.74, 6) is 0.216. The van der Waals surface area contributed by atoms with Gasteiger partial charge in [0.15, 0.2) is 12.4 Å². The van der Waals surface area contributed by atoms with Crippen molar-refractivity contribution in [2.75, 3.05) is 19.0 Å². The van der Waals surface area contributed by atoms with Gasteiger partial charge in [-0.1, -0.05) is 42.5 Å². The molecule has 4 rings (SSSR count). The maximum absolute atomic E-state index is 12.5. The first-order valence-corrected chi connectivity index (χ1v) is 9.88. The number of carbonyl (C=O) groups excluding carboxylic acids is 2. The Morgan fingerprint density at radius 2 is 1.77 bits per heavy atom. The van der Waals surface area contributed by atoms with Gasteiger partial charge in [-0.25, -0.2) is 0 Å². The molecule has 0 aliphatic carbocycles. The first-order valence-electron chi connectivity index (χ1n) is 9.88. The van der Waals surface area contributed by atoms with Gasteiger partial charge in [0.2, 0.25) is 0 Å². The highest BCUT2D eigenvalue weighted by molar-refractivity contribution is 6.02. The maximum Gasteiger partial charge on any atom is 0.291 e. The van der Waals surface area contributed by atoms with Gasteiger partial charge in [-0.3, -0.25) is 9.59 Å². The van der Waals surface area contributed by atoms with Crippen LogP contribution in [0.25, 0.3) is 10.8 Å². The molecule has 3 aromatic carbocycles. The predicted molar refractivity (Wildman–Crippen MR) is 119 cm³/mol. The summed E-state index contributed by atoms with van der Waals surface area (Å²) in [5.41, 5.74) is 1.60. The topological polar surface area (TPSA) is 71.8 Å². The van der Waals surface area contributed by atoms with Crippen molar-refractivity contribution in [3.05, 3.63) is 96.4 Å². The van der Waals surface area contributed by atoms with Crippen LogP contribution in [0.1, 0.15) is 16.1 Å². The number of nitrogens with zero attached hydrogens (tertiary/aromatic N) is 1. The fraction of sp³-hybridized carbons (Fsp3) is 0.120. The number of furan rings is 1. The quantitative estimate of drug-likeness (QED) is 0.475. The minimum absolute atomic E-state index is 0.0976. The van der Waals surface area contributed by atoms with Crippen LogP contribution in [-0.4, -0.2) is 30.4 Å². The van der Waals surface area contributed by atoms with Crippen LogP contribution in [0.4, 0.5) is 5.69 Å². The fourth-order valence-corrected chi connectivity index (χ4v) is 3.22. The van der Waals surface area contributed by atoms with Crippen molar-refractivity contribution in [2.24, 2.45) is 0 Å². The fourth-order valence-electron chi connectivity index (χ4n) is 3.22. The highest BCUT2D eigenvalue weighted by Crippen LogP contribution is 2.19. The second-order valence-electron chi connectivity index (χ2n) is 7.18. The van der Waals surface area contributed by atoms with Crippen LogP contribution >= 0.6 is 0 Å². The molecule has 1 aromatic heterocycles. The number of ether oxygens (including phenoxy) is 1. The lowest BCUT2D eigenvalue weighted by molar-refractivity contribution is -0.132. The third kappa shape index (κ3) is 5.11.